The number of benzene rings is 1. The van der Waals surface area contributed by atoms with Crippen LogP contribution in [-0.2, 0) is 32.7 Å². The fourth-order valence-corrected chi connectivity index (χ4v) is 1.97. The molecule has 1 aliphatic rings. The van der Waals surface area contributed by atoms with Crippen LogP contribution in [0.2, 0.25) is 0 Å². The van der Waals surface area contributed by atoms with E-state index in [1.165, 1.54) is 18.2 Å². The summed E-state index contributed by atoms with van der Waals surface area (Å²) in [6.45, 7) is 8.32. The first-order chi connectivity index (χ1) is 8.56. The van der Waals surface area contributed by atoms with Crippen molar-refractivity contribution in [3.8, 4) is 0 Å². The normalized spacial score (nSPS) is 14.7. The number of nitrogens with zero attached hydrogens (tertiary/aromatic N) is 1. The van der Waals surface area contributed by atoms with E-state index < -0.39 is 11.6 Å². The molecule has 0 aliphatic carbocycles. The third kappa shape index (κ3) is 3.03. The Bertz CT molecular complexity index is 541. The van der Waals surface area contributed by atoms with E-state index in [-0.39, 0.29) is 38.3 Å². The van der Waals surface area contributed by atoms with E-state index >= 15 is 0 Å². The van der Waals surface area contributed by atoms with Crippen molar-refractivity contribution >= 4 is 5.70 Å². The summed E-state index contributed by atoms with van der Waals surface area (Å²) in [7, 11) is 0. The minimum Gasteiger partial charge on any atom is -0.375 e. The van der Waals surface area contributed by atoms with Crippen LogP contribution in [0.1, 0.15) is 19.4 Å². The number of hydrogen-bond donors (Lipinski definition) is 0. The van der Waals surface area contributed by atoms with E-state index in [1.54, 1.807) is 11.0 Å². The Kier molecular flexibility index (Phi) is 5.63. The number of likely N-dealkylation sites (N-methyl/N-ethyl adjacent to an activating group) is 1. The van der Waals surface area contributed by atoms with E-state index in [0.717, 1.165) is 11.3 Å². The largest absolute Gasteiger partial charge is 0.375 e. The molecule has 1 radical (unpaired) electrons. The van der Waals surface area contributed by atoms with Gasteiger partial charge in [-0.2, -0.15) is 12.2 Å². The molecule has 0 fully saturated rings. The molecule has 0 bridgehead atoms. The van der Waals surface area contributed by atoms with Crippen LogP contribution in [0.25, 0.3) is 5.70 Å². The van der Waals surface area contributed by atoms with Crippen molar-refractivity contribution in [2.75, 3.05) is 6.54 Å². The van der Waals surface area contributed by atoms with E-state index in [1.807, 2.05) is 13.8 Å². The van der Waals surface area contributed by atoms with Gasteiger partial charge in [0.15, 0.2) is 0 Å². The first-order valence-corrected chi connectivity index (χ1v) is 5.77. The zero-order chi connectivity index (χ0) is 13.3. The maximum absolute atomic E-state index is 13.8. The summed E-state index contributed by atoms with van der Waals surface area (Å²) in [5, 5.41) is 0. The maximum Gasteiger partial charge on any atom is 0.0809 e. The number of hydrogen-bond acceptors (Lipinski definition) is 1. The summed E-state index contributed by atoms with van der Waals surface area (Å²) < 4.78 is 27.6. The van der Waals surface area contributed by atoms with Crippen molar-refractivity contribution in [2.24, 2.45) is 0 Å². The molecule has 0 saturated heterocycles. The van der Waals surface area contributed by atoms with Gasteiger partial charge in [0.2, 0.25) is 0 Å². The summed E-state index contributed by atoms with van der Waals surface area (Å²) in [6, 6.07) is 3.84. The number of allylic oxidation sites excluding steroid dienone is 3. The van der Waals surface area contributed by atoms with Gasteiger partial charge in [0.25, 0.3) is 0 Å². The zero-order valence-electron chi connectivity index (χ0n) is 11.0. The minimum atomic E-state index is -0.586. The van der Waals surface area contributed by atoms with E-state index in [0.29, 0.717) is 12.2 Å². The van der Waals surface area contributed by atoms with Gasteiger partial charge in [0.05, 0.1) is 11.6 Å². The summed E-state index contributed by atoms with van der Waals surface area (Å²) in [5.41, 5.74) is 2.03. The molecule has 0 N–H and O–H groups in total. The Labute approximate surface area is 137 Å². The van der Waals surface area contributed by atoms with Gasteiger partial charge >= 0.3 is 0 Å². The molecule has 0 amide bonds. The van der Waals surface area contributed by atoms with Gasteiger partial charge in [0, 0.05) is 39.3 Å². The Morgan fingerprint density at radius 2 is 1.84 bits per heavy atom. The predicted molar refractivity (Wildman–Crippen MR) is 68.3 cm³/mol. The van der Waals surface area contributed by atoms with Crippen LogP contribution >= 0.6 is 0 Å². The first kappa shape index (κ1) is 16.3. The van der Waals surface area contributed by atoms with Crippen LogP contribution in [0.4, 0.5) is 8.78 Å². The molecule has 4 heteroatoms. The zero-order valence-corrected chi connectivity index (χ0v) is 13.8. The summed E-state index contributed by atoms with van der Waals surface area (Å²) in [6.07, 6.45) is 4.64. The maximum atomic E-state index is 13.8. The molecule has 1 nitrogen and oxygen atoms in total. The van der Waals surface area contributed by atoms with Crippen molar-refractivity contribution < 1.29 is 41.5 Å². The quantitative estimate of drug-likeness (QED) is 0.741. The van der Waals surface area contributed by atoms with Crippen LogP contribution in [0, 0.1) is 17.7 Å². The molecule has 0 unspecified atom stereocenters. The Morgan fingerprint density at radius 3 is 2.37 bits per heavy atom. The molecule has 1 aromatic rings. The third-order valence-corrected chi connectivity index (χ3v) is 2.99. The van der Waals surface area contributed by atoms with Crippen molar-refractivity contribution in [2.45, 2.75) is 13.8 Å². The summed E-state index contributed by atoms with van der Waals surface area (Å²) >= 11 is 0. The SMILES string of the molecule is C=C1C(C)=C[C-]=C(c2c(F)cccc2F)N1CC.[Y]. The van der Waals surface area contributed by atoms with Crippen molar-refractivity contribution in [3.63, 3.8) is 0 Å². The Hall–Kier alpha value is -0.796. The van der Waals surface area contributed by atoms with Gasteiger partial charge in [-0.05, 0) is 30.3 Å². The fraction of sp³-hybridized carbons (Fsp3) is 0.200. The molecule has 0 spiro atoms. The molecule has 1 aromatic carbocycles. The molecular formula is C15H14F2NY-. The number of halogens is 2. The van der Waals surface area contributed by atoms with Gasteiger partial charge in [-0.3, -0.25) is 0 Å². The molecule has 1 aliphatic heterocycles. The van der Waals surface area contributed by atoms with Gasteiger partial charge in [-0.25, -0.2) is 8.78 Å². The van der Waals surface area contributed by atoms with Gasteiger partial charge in [-0.1, -0.05) is 25.3 Å². The minimum absolute atomic E-state index is 0. The first-order valence-electron chi connectivity index (χ1n) is 5.77. The monoisotopic (exact) mass is 335 g/mol. The third-order valence-electron chi connectivity index (χ3n) is 2.99. The second-order valence-corrected chi connectivity index (χ2v) is 4.11. The van der Waals surface area contributed by atoms with Gasteiger partial charge in [0.1, 0.15) is 0 Å². The Balaban J connectivity index is 0.00000180. The molecular weight excluding hydrogens is 321 g/mol. The van der Waals surface area contributed by atoms with Crippen LogP contribution < -0.4 is 0 Å². The second kappa shape index (κ2) is 6.58. The topological polar surface area (TPSA) is 3.24 Å². The molecule has 0 saturated carbocycles. The second-order valence-electron chi connectivity index (χ2n) is 4.11. The van der Waals surface area contributed by atoms with E-state index in [2.05, 4.69) is 12.7 Å². The summed E-state index contributed by atoms with van der Waals surface area (Å²) in [4.78, 5) is 1.76. The van der Waals surface area contributed by atoms with Crippen molar-refractivity contribution in [1.29, 1.82) is 0 Å². The molecule has 1 heterocycles. The van der Waals surface area contributed by atoms with Crippen molar-refractivity contribution in [1.82, 2.24) is 4.90 Å². The average molecular weight is 335 g/mol. The smallest absolute Gasteiger partial charge is 0.0809 e. The van der Waals surface area contributed by atoms with Crippen LogP contribution in [0.5, 0.6) is 0 Å². The average Bonchev–Trinajstić information content (AvgIpc) is 2.33. The molecule has 0 aromatic heterocycles. The molecule has 2 rings (SSSR count). The molecule has 0 atom stereocenters. The fourth-order valence-electron chi connectivity index (χ4n) is 1.97. The predicted octanol–water partition coefficient (Wildman–Crippen LogP) is 3.90. The standard InChI is InChI=1S/C15H14F2N.Y/c1-4-18-11(3)10(2)8-9-14(18)15-12(16)6-5-7-13(15)17;/h5-8H,3-4H2,1-2H3;/q-1;. The molecule has 97 valence electrons. The molecule has 19 heavy (non-hydrogen) atoms. The number of rotatable bonds is 2. The van der Waals surface area contributed by atoms with Crippen LogP contribution in [0.3, 0.4) is 0 Å². The van der Waals surface area contributed by atoms with E-state index in [9.17, 15) is 8.78 Å². The Morgan fingerprint density at radius 1 is 1.26 bits per heavy atom. The van der Waals surface area contributed by atoms with Gasteiger partial charge in [-0.15, -0.1) is 5.57 Å². The van der Waals surface area contributed by atoms with Crippen LogP contribution in [-0.4, -0.2) is 11.4 Å². The van der Waals surface area contributed by atoms with Crippen molar-refractivity contribution in [3.05, 3.63) is 65.4 Å². The van der Waals surface area contributed by atoms with Gasteiger partial charge < -0.3 is 4.90 Å². The van der Waals surface area contributed by atoms with E-state index in [4.69, 9.17) is 0 Å². The summed E-state index contributed by atoms with van der Waals surface area (Å²) in [5.74, 6) is -1.17. The van der Waals surface area contributed by atoms with Crippen LogP contribution in [0.15, 0.2) is 42.1 Å².